The molecule has 5 heteroatoms. The second-order valence-corrected chi connectivity index (χ2v) is 3.32. The number of pyridine rings is 1. The van der Waals surface area contributed by atoms with Crippen LogP contribution in [-0.2, 0) is 0 Å². The normalized spacial score (nSPS) is 9.92. The molecule has 0 N–H and O–H groups in total. The predicted octanol–water partition coefficient (Wildman–Crippen LogP) is 2.97. The lowest BCUT2D eigenvalue weighted by Gasteiger charge is -2.00. The maximum absolute atomic E-state index is 11.2. The fourth-order valence-electron chi connectivity index (χ4n) is 0.706. The van der Waals surface area contributed by atoms with Gasteiger partial charge in [0.1, 0.15) is 5.15 Å². The van der Waals surface area contributed by atoms with Crippen molar-refractivity contribution in [2.75, 3.05) is 5.33 Å². The van der Waals surface area contributed by atoms with Crippen molar-refractivity contribution in [1.82, 2.24) is 4.98 Å². The van der Waals surface area contributed by atoms with Gasteiger partial charge in [0.2, 0.25) is 0 Å². The van der Waals surface area contributed by atoms with Gasteiger partial charge in [0.05, 0.1) is 10.4 Å². The number of ketones is 1. The van der Waals surface area contributed by atoms with Crippen LogP contribution in [0.25, 0.3) is 0 Å². The van der Waals surface area contributed by atoms with E-state index in [0.717, 1.165) is 0 Å². The minimum atomic E-state index is -0.107. The Morgan fingerprint density at radius 3 is 2.83 bits per heavy atom. The van der Waals surface area contributed by atoms with E-state index in [-0.39, 0.29) is 21.3 Å². The molecule has 0 amide bonds. The van der Waals surface area contributed by atoms with Crippen LogP contribution in [-0.4, -0.2) is 16.1 Å². The highest BCUT2D eigenvalue weighted by Gasteiger charge is 2.11. The summed E-state index contributed by atoms with van der Waals surface area (Å²) in [6.45, 7) is 0. The number of alkyl halides is 1. The summed E-state index contributed by atoms with van der Waals surface area (Å²) in [4.78, 5) is 14.9. The molecule has 1 rings (SSSR count). The average molecular weight is 269 g/mol. The van der Waals surface area contributed by atoms with Gasteiger partial charge in [-0.1, -0.05) is 39.1 Å². The molecule has 0 bridgehead atoms. The van der Waals surface area contributed by atoms with Crippen molar-refractivity contribution in [3.8, 4) is 0 Å². The Labute approximate surface area is 88.0 Å². The van der Waals surface area contributed by atoms with Crippen molar-refractivity contribution in [1.29, 1.82) is 0 Å². The zero-order valence-electron chi connectivity index (χ0n) is 5.85. The first-order valence-electron chi connectivity index (χ1n) is 3.06. The first-order chi connectivity index (χ1) is 5.66. The smallest absolute Gasteiger partial charge is 0.175 e. The van der Waals surface area contributed by atoms with Crippen molar-refractivity contribution >= 4 is 44.9 Å². The van der Waals surface area contributed by atoms with Gasteiger partial charge in [0.15, 0.2) is 5.78 Å². The first kappa shape index (κ1) is 9.96. The van der Waals surface area contributed by atoms with Gasteiger partial charge in [0, 0.05) is 11.8 Å². The summed E-state index contributed by atoms with van der Waals surface area (Å²) in [5.74, 6) is -0.107. The molecule has 0 fully saturated rings. The molecule has 1 aromatic rings. The summed E-state index contributed by atoms with van der Waals surface area (Å²) < 4.78 is 0. The highest BCUT2D eigenvalue weighted by Crippen LogP contribution is 2.23. The molecule has 0 atom stereocenters. The van der Waals surface area contributed by atoms with Gasteiger partial charge in [-0.25, -0.2) is 4.98 Å². The van der Waals surface area contributed by atoms with Gasteiger partial charge in [-0.3, -0.25) is 4.79 Å². The monoisotopic (exact) mass is 267 g/mol. The van der Waals surface area contributed by atoms with Gasteiger partial charge >= 0.3 is 0 Å². The summed E-state index contributed by atoms with van der Waals surface area (Å²) in [5.41, 5.74) is 0.397. The fourth-order valence-corrected chi connectivity index (χ4v) is 1.38. The quantitative estimate of drug-likeness (QED) is 0.469. The van der Waals surface area contributed by atoms with Crippen LogP contribution in [0.1, 0.15) is 10.4 Å². The van der Waals surface area contributed by atoms with Crippen LogP contribution in [0, 0.1) is 0 Å². The summed E-state index contributed by atoms with van der Waals surface area (Å²) in [6.07, 6.45) is 1.45. The Morgan fingerprint density at radius 1 is 1.58 bits per heavy atom. The van der Waals surface area contributed by atoms with Gasteiger partial charge in [-0.2, -0.15) is 0 Å². The van der Waals surface area contributed by atoms with Crippen molar-refractivity contribution in [3.05, 3.63) is 28.0 Å². The molecule has 0 saturated carbocycles. The lowest BCUT2D eigenvalue weighted by atomic mass is 10.2. The van der Waals surface area contributed by atoms with E-state index in [1.165, 1.54) is 12.3 Å². The highest BCUT2D eigenvalue weighted by molar-refractivity contribution is 9.09. The third-order valence-corrected chi connectivity index (χ3v) is 2.54. The van der Waals surface area contributed by atoms with E-state index in [9.17, 15) is 4.79 Å². The molecule has 0 saturated heterocycles. The van der Waals surface area contributed by atoms with E-state index in [4.69, 9.17) is 23.2 Å². The second-order valence-electron chi connectivity index (χ2n) is 2.02. The topological polar surface area (TPSA) is 30.0 Å². The van der Waals surface area contributed by atoms with Gasteiger partial charge in [-0.15, -0.1) is 0 Å². The minimum absolute atomic E-state index is 0.107. The molecule has 0 unspecified atom stereocenters. The van der Waals surface area contributed by atoms with Crippen molar-refractivity contribution in [3.63, 3.8) is 0 Å². The van der Waals surface area contributed by atoms with E-state index in [0.29, 0.717) is 5.56 Å². The molecule has 64 valence electrons. The Balaban J connectivity index is 3.16. The molecule has 0 aliphatic heterocycles. The number of halogens is 3. The molecule has 12 heavy (non-hydrogen) atoms. The van der Waals surface area contributed by atoms with Gasteiger partial charge in [0.25, 0.3) is 0 Å². The molecule has 1 heterocycles. The molecule has 0 aliphatic rings. The van der Waals surface area contributed by atoms with E-state index in [2.05, 4.69) is 20.9 Å². The lowest BCUT2D eigenvalue weighted by molar-refractivity contribution is 0.102. The van der Waals surface area contributed by atoms with E-state index < -0.39 is 0 Å². The average Bonchev–Trinajstić information content (AvgIpc) is 2.08. The predicted molar refractivity (Wildman–Crippen MR) is 52.4 cm³/mol. The standard InChI is InChI=1S/C7H4BrCl2NO/c8-3-5(12)4-1-2-11-7(10)6(4)9/h1-2H,3H2. The Bertz CT molecular complexity index is 316. The molecular weight excluding hydrogens is 265 g/mol. The van der Waals surface area contributed by atoms with E-state index in [1.807, 2.05) is 0 Å². The summed E-state index contributed by atoms with van der Waals surface area (Å²) in [6, 6.07) is 1.54. The zero-order chi connectivity index (χ0) is 9.14. The molecule has 0 aromatic carbocycles. The Hall–Kier alpha value is -0.120. The van der Waals surface area contributed by atoms with Gasteiger partial charge in [-0.05, 0) is 6.07 Å². The molecule has 1 aromatic heterocycles. The number of aromatic nitrogens is 1. The maximum Gasteiger partial charge on any atom is 0.175 e. The van der Waals surface area contributed by atoms with Crippen molar-refractivity contribution in [2.45, 2.75) is 0 Å². The van der Waals surface area contributed by atoms with Crippen LogP contribution in [0.3, 0.4) is 0 Å². The number of Topliss-reactive ketones (excluding diaryl/α,β-unsaturated/α-hetero) is 1. The number of hydrogen-bond donors (Lipinski definition) is 0. The van der Waals surface area contributed by atoms with Crippen molar-refractivity contribution in [2.24, 2.45) is 0 Å². The largest absolute Gasteiger partial charge is 0.293 e. The van der Waals surface area contributed by atoms with Crippen LogP contribution < -0.4 is 0 Å². The summed E-state index contributed by atoms with van der Waals surface area (Å²) in [5, 5.41) is 0.597. The zero-order valence-corrected chi connectivity index (χ0v) is 8.95. The third-order valence-electron chi connectivity index (χ3n) is 1.27. The number of hydrogen-bond acceptors (Lipinski definition) is 2. The fraction of sp³-hybridized carbons (Fsp3) is 0.143. The summed E-state index contributed by atoms with van der Waals surface area (Å²) in [7, 11) is 0. The molecule has 0 radical (unpaired) electrons. The minimum Gasteiger partial charge on any atom is -0.293 e. The van der Waals surface area contributed by atoms with Crippen LogP contribution in [0.15, 0.2) is 12.3 Å². The molecular formula is C7H4BrCl2NO. The van der Waals surface area contributed by atoms with Crippen LogP contribution >= 0.6 is 39.1 Å². The summed E-state index contributed by atoms with van der Waals surface area (Å²) >= 11 is 14.4. The Kier molecular flexibility index (Phi) is 3.50. The number of carbonyl (C=O) groups excluding carboxylic acids is 1. The highest BCUT2D eigenvalue weighted by atomic mass is 79.9. The first-order valence-corrected chi connectivity index (χ1v) is 4.93. The SMILES string of the molecule is O=C(CBr)c1ccnc(Cl)c1Cl. The van der Waals surface area contributed by atoms with E-state index >= 15 is 0 Å². The Morgan fingerprint density at radius 2 is 2.25 bits per heavy atom. The lowest BCUT2D eigenvalue weighted by Crippen LogP contribution is -2.01. The van der Waals surface area contributed by atoms with Gasteiger partial charge < -0.3 is 0 Å². The molecule has 0 spiro atoms. The van der Waals surface area contributed by atoms with Crippen LogP contribution in [0.4, 0.5) is 0 Å². The van der Waals surface area contributed by atoms with Crippen LogP contribution in [0.2, 0.25) is 10.2 Å². The third kappa shape index (κ3) is 1.97. The second kappa shape index (κ2) is 4.21. The number of carbonyl (C=O) groups is 1. The van der Waals surface area contributed by atoms with Crippen molar-refractivity contribution < 1.29 is 4.79 Å². The molecule has 2 nitrogen and oxygen atoms in total. The van der Waals surface area contributed by atoms with E-state index in [1.54, 1.807) is 0 Å². The maximum atomic E-state index is 11.2. The number of nitrogens with zero attached hydrogens (tertiary/aromatic N) is 1. The number of rotatable bonds is 2. The molecule has 0 aliphatic carbocycles. The van der Waals surface area contributed by atoms with Crippen LogP contribution in [0.5, 0.6) is 0 Å².